The Balaban J connectivity index is 1.66. The van der Waals surface area contributed by atoms with Crippen LogP contribution in [0.5, 0.6) is 0 Å². The van der Waals surface area contributed by atoms with Gasteiger partial charge >= 0.3 is 0 Å². The normalized spacial score (nSPS) is 15.9. The molecule has 1 saturated carbocycles. The van der Waals surface area contributed by atoms with Gasteiger partial charge in [0.05, 0.1) is 29.1 Å². The van der Waals surface area contributed by atoms with Crippen LogP contribution < -0.4 is 10.6 Å². The summed E-state index contributed by atoms with van der Waals surface area (Å²) < 4.78 is 1.74. The van der Waals surface area contributed by atoms with Crippen molar-refractivity contribution in [2.75, 3.05) is 6.54 Å². The molecule has 0 aromatic carbocycles. The van der Waals surface area contributed by atoms with Gasteiger partial charge in [0.15, 0.2) is 0 Å². The number of aryl methyl sites for hydroxylation is 1. The summed E-state index contributed by atoms with van der Waals surface area (Å²) in [5.41, 5.74) is -0.0938. The quantitative estimate of drug-likeness (QED) is 0.686. The Kier molecular flexibility index (Phi) is 5.34. The summed E-state index contributed by atoms with van der Waals surface area (Å²) in [5.74, 6) is 0.143. The highest BCUT2D eigenvalue weighted by Crippen LogP contribution is 2.34. The van der Waals surface area contributed by atoms with E-state index in [-0.39, 0.29) is 24.8 Å². The van der Waals surface area contributed by atoms with Crippen molar-refractivity contribution in [3.8, 4) is 0 Å². The number of hydrogen-bond donors (Lipinski definition) is 3. The Bertz CT molecular complexity index is 820. The van der Waals surface area contributed by atoms with Gasteiger partial charge in [0.25, 0.3) is 5.91 Å². The van der Waals surface area contributed by atoms with E-state index in [1.54, 1.807) is 4.68 Å². The Morgan fingerprint density at radius 1 is 1.38 bits per heavy atom. The molecule has 2 aromatic heterocycles. The van der Waals surface area contributed by atoms with E-state index in [0.29, 0.717) is 30.2 Å². The van der Waals surface area contributed by atoms with Gasteiger partial charge in [-0.2, -0.15) is 5.10 Å². The van der Waals surface area contributed by atoms with Crippen molar-refractivity contribution in [3.05, 3.63) is 16.6 Å². The van der Waals surface area contributed by atoms with Gasteiger partial charge in [-0.3, -0.25) is 14.3 Å². The first-order chi connectivity index (χ1) is 12.3. The van der Waals surface area contributed by atoms with Crippen LogP contribution in [-0.4, -0.2) is 38.8 Å². The zero-order valence-corrected chi connectivity index (χ0v) is 16.3. The number of aromatic nitrogens is 2. The molecule has 142 valence electrons. The molecule has 7 nitrogen and oxygen atoms in total. The van der Waals surface area contributed by atoms with E-state index in [4.69, 9.17) is 0 Å². The summed E-state index contributed by atoms with van der Waals surface area (Å²) in [6.45, 7) is 5.03. The van der Waals surface area contributed by atoms with Crippen LogP contribution in [0.3, 0.4) is 0 Å². The largest absolute Gasteiger partial charge is 0.389 e. The molecule has 3 N–H and O–H groups in total. The van der Waals surface area contributed by atoms with Gasteiger partial charge in [0.2, 0.25) is 5.91 Å². The maximum atomic E-state index is 12.3. The Hall–Kier alpha value is -1.93. The third-order valence-corrected chi connectivity index (χ3v) is 5.91. The van der Waals surface area contributed by atoms with E-state index < -0.39 is 5.60 Å². The number of aliphatic hydroxyl groups is 1. The number of amides is 2. The molecule has 3 rings (SSSR count). The molecule has 1 fully saturated rings. The van der Waals surface area contributed by atoms with E-state index in [0.717, 1.165) is 22.3 Å². The van der Waals surface area contributed by atoms with Crippen LogP contribution in [0.15, 0.2) is 6.07 Å². The predicted molar refractivity (Wildman–Crippen MR) is 101 cm³/mol. The van der Waals surface area contributed by atoms with Crippen molar-refractivity contribution in [1.82, 2.24) is 20.4 Å². The lowest BCUT2D eigenvalue weighted by molar-refractivity contribution is -0.130. The monoisotopic (exact) mass is 378 g/mol. The SMILES string of the molecule is CC(C)CNC(=O)c1cc2c(CNC(=O)CC3(O)CCC3)nn(C)c2s1. The fourth-order valence-corrected chi connectivity index (χ4v) is 4.05. The summed E-state index contributed by atoms with van der Waals surface area (Å²) in [6, 6.07) is 1.84. The number of rotatable bonds is 7. The number of nitrogens with one attached hydrogen (secondary N) is 2. The minimum Gasteiger partial charge on any atom is -0.389 e. The molecule has 0 spiro atoms. The zero-order chi connectivity index (χ0) is 18.9. The molecule has 2 aromatic rings. The second-order valence-electron chi connectivity index (χ2n) is 7.54. The van der Waals surface area contributed by atoms with Crippen LogP contribution in [0.1, 0.15) is 54.9 Å². The average molecular weight is 378 g/mol. The first-order valence-corrected chi connectivity index (χ1v) is 9.82. The van der Waals surface area contributed by atoms with E-state index in [2.05, 4.69) is 29.6 Å². The van der Waals surface area contributed by atoms with Crippen molar-refractivity contribution in [2.24, 2.45) is 13.0 Å². The molecule has 26 heavy (non-hydrogen) atoms. The lowest BCUT2D eigenvalue weighted by Gasteiger charge is -2.35. The maximum Gasteiger partial charge on any atom is 0.261 e. The number of nitrogens with zero attached hydrogens (tertiary/aromatic N) is 2. The van der Waals surface area contributed by atoms with Gasteiger partial charge in [-0.05, 0) is 31.2 Å². The zero-order valence-electron chi connectivity index (χ0n) is 15.5. The fourth-order valence-electron chi connectivity index (χ4n) is 3.04. The van der Waals surface area contributed by atoms with E-state index >= 15 is 0 Å². The van der Waals surface area contributed by atoms with Crippen molar-refractivity contribution in [2.45, 2.75) is 51.7 Å². The number of thiophene rings is 1. The van der Waals surface area contributed by atoms with Crippen LogP contribution in [0, 0.1) is 5.92 Å². The summed E-state index contributed by atoms with van der Waals surface area (Å²) >= 11 is 1.40. The number of fused-ring (bicyclic) bond motifs is 1. The summed E-state index contributed by atoms with van der Waals surface area (Å²) in [4.78, 5) is 25.9. The molecule has 1 aliphatic rings. The fraction of sp³-hybridized carbons (Fsp3) is 0.611. The summed E-state index contributed by atoms with van der Waals surface area (Å²) in [5, 5.41) is 21.2. The average Bonchev–Trinajstić information content (AvgIpc) is 3.10. The lowest BCUT2D eigenvalue weighted by Crippen LogP contribution is -2.42. The highest BCUT2D eigenvalue weighted by molar-refractivity contribution is 7.20. The van der Waals surface area contributed by atoms with Crippen LogP contribution in [-0.2, 0) is 18.4 Å². The number of carbonyl (C=O) groups excluding carboxylic acids is 2. The number of carbonyl (C=O) groups is 2. The molecule has 0 saturated heterocycles. The van der Waals surface area contributed by atoms with Crippen molar-refractivity contribution >= 4 is 33.4 Å². The second-order valence-corrected chi connectivity index (χ2v) is 8.57. The van der Waals surface area contributed by atoms with Gasteiger partial charge in [-0.15, -0.1) is 11.3 Å². The number of hydrogen-bond acceptors (Lipinski definition) is 5. The molecule has 0 atom stereocenters. The van der Waals surface area contributed by atoms with Crippen LogP contribution in [0.2, 0.25) is 0 Å². The smallest absolute Gasteiger partial charge is 0.261 e. The first-order valence-electron chi connectivity index (χ1n) is 9.00. The Morgan fingerprint density at radius 2 is 2.12 bits per heavy atom. The standard InChI is InChI=1S/C18H26N4O3S/c1-11(2)9-20-16(24)14-7-12-13(21-22(3)17(12)26-14)10-19-15(23)8-18(25)5-4-6-18/h7,11,25H,4-6,8-10H2,1-3H3,(H,19,23)(H,20,24). The molecule has 0 aliphatic heterocycles. The highest BCUT2D eigenvalue weighted by atomic mass is 32.1. The van der Waals surface area contributed by atoms with Gasteiger partial charge in [-0.1, -0.05) is 13.8 Å². The highest BCUT2D eigenvalue weighted by Gasteiger charge is 2.36. The molecule has 2 amide bonds. The molecule has 8 heteroatoms. The second kappa shape index (κ2) is 7.36. The first kappa shape index (κ1) is 18.8. The van der Waals surface area contributed by atoms with Crippen LogP contribution in [0.4, 0.5) is 0 Å². The van der Waals surface area contributed by atoms with Gasteiger partial charge in [0.1, 0.15) is 4.83 Å². The van der Waals surface area contributed by atoms with Crippen LogP contribution in [0.25, 0.3) is 10.2 Å². The minimum atomic E-state index is -0.826. The predicted octanol–water partition coefficient (Wildman–Crippen LogP) is 1.94. The summed E-state index contributed by atoms with van der Waals surface area (Å²) in [6.07, 6.45) is 2.48. The third-order valence-electron chi connectivity index (χ3n) is 4.71. The molecular formula is C18H26N4O3S. The molecule has 2 heterocycles. The van der Waals surface area contributed by atoms with Crippen molar-refractivity contribution < 1.29 is 14.7 Å². The molecular weight excluding hydrogens is 352 g/mol. The minimum absolute atomic E-state index is 0.0814. The Morgan fingerprint density at radius 3 is 2.73 bits per heavy atom. The van der Waals surface area contributed by atoms with E-state index in [1.165, 1.54) is 11.3 Å². The van der Waals surface area contributed by atoms with Gasteiger partial charge in [0, 0.05) is 19.0 Å². The Labute approximate surface area is 156 Å². The maximum absolute atomic E-state index is 12.3. The molecule has 0 radical (unpaired) electrons. The van der Waals surface area contributed by atoms with Crippen LogP contribution >= 0.6 is 11.3 Å². The van der Waals surface area contributed by atoms with Gasteiger partial charge in [-0.25, -0.2) is 0 Å². The van der Waals surface area contributed by atoms with E-state index in [9.17, 15) is 14.7 Å². The topological polar surface area (TPSA) is 96.2 Å². The lowest BCUT2D eigenvalue weighted by atomic mass is 9.78. The molecule has 0 bridgehead atoms. The van der Waals surface area contributed by atoms with E-state index in [1.807, 2.05) is 13.1 Å². The molecule has 1 aliphatic carbocycles. The van der Waals surface area contributed by atoms with Crippen molar-refractivity contribution in [3.63, 3.8) is 0 Å². The van der Waals surface area contributed by atoms with Gasteiger partial charge < -0.3 is 15.7 Å². The van der Waals surface area contributed by atoms with Crippen molar-refractivity contribution in [1.29, 1.82) is 0 Å². The molecule has 0 unspecified atom stereocenters. The third kappa shape index (κ3) is 4.07. The summed E-state index contributed by atoms with van der Waals surface area (Å²) in [7, 11) is 1.83.